The van der Waals surface area contributed by atoms with E-state index in [1.54, 1.807) is 0 Å². The number of carbonyl (C=O) groups is 2. The molecule has 0 saturated carbocycles. The summed E-state index contributed by atoms with van der Waals surface area (Å²) in [6.07, 6.45) is 2.24. The van der Waals surface area contributed by atoms with Crippen LogP contribution in [0.5, 0.6) is 0 Å². The lowest BCUT2D eigenvalue weighted by Crippen LogP contribution is -2.40. The molecular formula is C20H28N4O3. The van der Waals surface area contributed by atoms with Gasteiger partial charge in [0.2, 0.25) is 5.91 Å². The SMILES string of the molecule is Cc1cc2cc(NC(=O)NCCC3CCC(=O)N3CCN(C)C)ccc2o1. The van der Waals surface area contributed by atoms with Crippen LogP contribution in [0.3, 0.4) is 0 Å². The number of fused-ring (bicyclic) bond motifs is 1. The molecule has 1 fully saturated rings. The van der Waals surface area contributed by atoms with Crippen molar-refractivity contribution < 1.29 is 14.0 Å². The Hall–Kier alpha value is -2.54. The van der Waals surface area contributed by atoms with Crippen molar-refractivity contribution in [1.82, 2.24) is 15.1 Å². The van der Waals surface area contributed by atoms with Crippen molar-refractivity contribution in [3.63, 3.8) is 0 Å². The maximum absolute atomic E-state index is 12.2. The van der Waals surface area contributed by atoms with Gasteiger partial charge in [-0.25, -0.2) is 4.79 Å². The van der Waals surface area contributed by atoms with E-state index in [9.17, 15) is 9.59 Å². The van der Waals surface area contributed by atoms with Crippen LogP contribution in [0, 0.1) is 6.92 Å². The molecule has 27 heavy (non-hydrogen) atoms. The lowest BCUT2D eigenvalue weighted by atomic mass is 10.1. The van der Waals surface area contributed by atoms with Crippen LogP contribution in [0.25, 0.3) is 11.0 Å². The van der Waals surface area contributed by atoms with E-state index in [0.717, 1.165) is 48.3 Å². The molecule has 1 aliphatic rings. The van der Waals surface area contributed by atoms with Crippen molar-refractivity contribution in [2.75, 3.05) is 39.0 Å². The number of hydrogen-bond acceptors (Lipinski definition) is 4. The Morgan fingerprint density at radius 1 is 1.33 bits per heavy atom. The van der Waals surface area contributed by atoms with Crippen LogP contribution in [0.2, 0.25) is 0 Å². The third kappa shape index (κ3) is 5.01. The molecule has 2 heterocycles. The van der Waals surface area contributed by atoms with Crippen LogP contribution >= 0.6 is 0 Å². The van der Waals surface area contributed by atoms with E-state index in [-0.39, 0.29) is 18.0 Å². The van der Waals surface area contributed by atoms with Crippen molar-refractivity contribution in [2.24, 2.45) is 0 Å². The Balaban J connectivity index is 1.46. The second-order valence-corrected chi connectivity index (χ2v) is 7.36. The van der Waals surface area contributed by atoms with Crippen molar-refractivity contribution in [3.8, 4) is 0 Å². The summed E-state index contributed by atoms with van der Waals surface area (Å²) in [6.45, 7) is 4.03. The second kappa shape index (κ2) is 8.43. The summed E-state index contributed by atoms with van der Waals surface area (Å²) < 4.78 is 5.54. The molecule has 146 valence electrons. The van der Waals surface area contributed by atoms with Gasteiger partial charge < -0.3 is 24.9 Å². The fraction of sp³-hybridized carbons (Fsp3) is 0.500. The van der Waals surface area contributed by atoms with Crippen molar-refractivity contribution in [1.29, 1.82) is 0 Å². The minimum absolute atomic E-state index is 0.211. The van der Waals surface area contributed by atoms with Gasteiger partial charge >= 0.3 is 6.03 Å². The standard InChI is InChI=1S/C20H28N4O3/c1-14-12-15-13-16(4-6-18(15)27-14)22-20(26)21-9-8-17-5-7-19(25)24(17)11-10-23(2)3/h4,6,12-13,17H,5,7-11H2,1-3H3,(H2,21,22,26). The highest BCUT2D eigenvalue weighted by Crippen LogP contribution is 2.23. The molecule has 2 N–H and O–H groups in total. The van der Waals surface area contributed by atoms with E-state index in [2.05, 4.69) is 15.5 Å². The number of hydrogen-bond donors (Lipinski definition) is 2. The lowest BCUT2D eigenvalue weighted by molar-refractivity contribution is -0.129. The van der Waals surface area contributed by atoms with Crippen LogP contribution in [0.1, 0.15) is 25.0 Å². The number of carbonyl (C=O) groups excluding carboxylic acids is 2. The number of aryl methyl sites for hydroxylation is 1. The molecule has 0 aliphatic carbocycles. The normalized spacial score (nSPS) is 17.1. The van der Waals surface area contributed by atoms with Crippen LogP contribution in [-0.4, -0.2) is 61.5 Å². The van der Waals surface area contributed by atoms with Gasteiger partial charge in [-0.3, -0.25) is 4.79 Å². The lowest BCUT2D eigenvalue weighted by Gasteiger charge is -2.26. The second-order valence-electron chi connectivity index (χ2n) is 7.36. The molecule has 7 nitrogen and oxygen atoms in total. The average molecular weight is 372 g/mol. The Morgan fingerprint density at radius 2 is 2.15 bits per heavy atom. The molecule has 1 aliphatic heterocycles. The molecule has 0 spiro atoms. The van der Waals surface area contributed by atoms with Crippen LogP contribution in [0.15, 0.2) is 28.7 Å². The van der Waals surface area contributed by atoms with Gasteiger partial charge in [0.15, 0.2) is 0 Å². The first-order chi connectivity index (χ1) is 12.9. The molecule has 7 heteroatoms. The van der Waals surface area contributed by atoms with Crippen molar-refractivity contribution in [3.05, 3.63) is 30.0 Å². The Morgan fingerprint density at radius 3 is 2.93 bits per heavy atom. The molecule has 1 aromatic heterocycles. The summed E-state index contributed by atoms with van der Waals surface area (Å²) in [7, 11) is 4.01. The van der Waals surface area contributed by atoms with Gasteiger partial charge in [-0.05, 0) is 58.1 Å². The van der Waals surface area contributed by atoms with Gasteiger partial charge in [0.05, 0.1) is 0 Å². The predicted octanol–water partition coefficient (Wildman–Crippen LogP) is 2.81. The summed E-state index contributed by atoms with van der Waals surface area (Å²) in [4.78, 5) is 28.2. The number of amides is 3. The number of likely N-dealkylation sites (N-methyl/N-ethyl adjacent to an activating group) is 1. The molecule has 3 amide bonds. The quantitative estimate of drug-likeness (QED) is 0.783. The van der Waals surface area contributed by atoms with Crippen molar-refractivity contribution >= 4 is 28.6 Å². The Labute approximate surface area is 159 Å². The zero-order valence-electron chi connectivity index (χ0n) is 16.2. The molecule has 1 aromatic carbocycles. The zero-order chi connectivity index (χ0) is 19.4. The van der Waals surface area contributed by atoms with Gasteiger partial charge in [-0.2, -0.15) is 0 Å². The number of nitrogens with one attached hydrogen (secondary N) is 2. The zero-order valence-corrected chi connectivity index (χ0v) is 16.2. The summed E-state index contributed by atoms with van der Waals surface area (Å²) in [5.41, 5.74) is 1.53. The van der Waals surface area contributed by atoms with Crippen LogP contribution in [-0.2, 0) is 4.79 Å². The summed E-state index contributed by atoms with van der Waals surface area (Å²) in [6, 6.07) is 7.48. The smallest absolute Gasteiger partial charge is 0.319 e. The molecule has 1 atom stereocenters. The topological polar surface area (TPSA) is 77.8 Å². The van der Waals surface area contributed by atoms with E-state index < -0.39 is 0 Å². The first kappa shape index (κ1) is 19.2. The number of nitrogens with zero attached hydrogens (tertiary/aromatic N) is 2. The summed E-state index contributed by atoms with van der Waals surface area (Å²) in [5.74, 6) is 1.06. The molecule has 3 rings (SSSR count). The highest BCUT2D eigenvalue weighted by atomic mass is 16.3. The van der Waals surface area contributed by atoms with Gasteiger partial charge in [-0.15, -0.1) is 0 Å². The van der Waals surface area contributed by atoms with E-state index in [0.29, 0.717) is 13.0 Å². The van der Waals surface area contributed by atoms with Crippen molar-refractivity contribution in [2.45, 2.75) is 32.2 Å². The largest absolute Gasteiger partial charge is 0.461 e. The predicted molar refractivity (Wildman–Crippen MR) is 106 cm³/mol. The highest BCUT2D eigenvalue weighted by Gasteiger charge is 2.30. The van der Waals surface area contributed by atoms with E-state index in [1.165, 1.54) is 0 Å². The fourth-order valence-corrected chi connectivity index (χ4v) is 3.49. The minimum Gasteiger partial charge on any atom is -0.461 e. The minimum atomic E-state index is -0.237. The van der Waals surface area contributed by atoms with E-state index >= 15 is 0 Å². The summed E-state index contributed by atoms with van der Waals surface area (Å²) in [5, 5.41) is 6.70. The van der Waals surface area contributed by atoms with E-state index in [4.69, 9.17) is 4.42 Å². The number of furan rings is 1. The highest BCUT2D eigenvalue weighted by molar-refractivity contribution is 5.92. The molecule has 0 bridgehead atoms. The fourth-order valence-electron chi connectivity index (χ4n) is 3.49. The molecule has 1 unspecified atom stereocenters. The first-order valence-corrected chi connectivity index (χ1v) is 9.41. The number of urea groups is 1. The van der Waals surface area contributed by atoms with E-state index in [1.807, 2.05) is 50.2 Å². The van der Waals surface area contributed by atoms with Gasteiger partial charge in [0, 0.05) is 43.2 Å². The van der Waals surface area contributed by atoms with Gasteiger partial charge in [-0.1, -0.05) is 0 Å². The van der Waals surface area contributed by atoms with Crippen LogP contribution < -0.4 is 10.6 Å². The Bertz CT molecular complexity index is 815. The van der Waals surface area contributed by atoms with Gasteiger partial charge in [0.25, 0.3) is 0 Å². The summed E-state index contributed by atoms with van der Waals surface area (Å²) >= 11 is 0. The number of likely N-dealkylation sites (tertiary alicyclic amines) is 1. The monoisotopic (exact) mass is 372 g/mol. The number of rotatable bonds is 7. The molecule has 2 aromatic rings. The first-order valence-electron chi connectivity index (χ1n) is 9.41. The molecular weight excluding hydrogens is 344 g/mol. The Kier molecular flexibility index (Phi) is 6.01. The number of benzene rings is 1. The van der Waals surface area contributed by atoms with Gasteiger partial charge in [0.1, 0.15) is 11.3 Å². The molecule has 1 saturated heterocycles. The third-order valence-corrected chi connectivity index (χ3v) is 4.90. The van der Waals surface area contributed by atoms with Crippen LogP contribution in [0.4, 0.5) is 10.5 Å². The number of anilines is 1. The average Bonchev–Trinajstić information content (AvgIpc) is 3.14. The molecule has 0 radical (unpaired) electrons. The third-order valence-electron chi connectivity index (χ3n) is 4.90. The maximum Gasteiger partial charge on any atom is 0.319 e. The maximum atomic E-state index is 12.2.